The van der Waals surface area contributed by atoms with Crippen LogP contribution in [0.3, 0.4) is 0 Å². The summed E-state index contributed by atoms with van der Waals surface area (Å²) in [5.74, 6) is -1.43. The van der Waals surface area contributed by atoms with Gasteiger partial charge in [0.1, 0.15) is 29.0 Å². The van der Waals surface area contributed by atoms with E-state index >= 15 is 0 Å². The summed E-state index contributed by atoms with van der Waals surface area (Å²) < 4.78 is 31.0. The third-order valence-corrected chi connectivity index (χ3v) is 1.99. The van der Waals surface area contributed by atoms with Crippen LogP contribution in [0.25, 0.3) is 0 Å². The zero-order valence-electron chi connectivity index (χ0n) is 6.60. The molecule has 0 radical (unpaired) electrons. The molecule has 66 valence electrons. The van der Waals surface area contributed by atoms with E-state index in [0.717, 1.165) is 6.07 Å². The van der Waals surface area contributed by atoms with Gasteiger partial charge < -0.3 is 4.74 Å². The topological polar surface area (TPSA) is 33.0 Å². The lowest BCUT2D eigenvalue weighted by atomic mass is 10.1. The number of nitrogens with zero attached hydrogens (tertiary/aromatic N) is 1. The van der Waals surface area contributed by atoms with Gasteiger partial charge in [-0.3, -0.25) is 0 Å². The van der Waals surface area contributed by atoms with Gasteiger partial charge in [0.25, 0.3) is 0 Å². The Labute approximate surface area is 73.4 Å². The number of hydrogen-bond donors (Lipinski definition) is 0. The molecule has 4 heteroatoms. The summed E-state index contributed by atoms with van der Waals surface area (Å²) in [6, 6.07) is 2.38. The van der Waals surface area contributed by atoms with E-state index in [4.69, 9.17) is 10.00 Å². The second kappa shape index (κ2) is 2.70. The van der Waals surface area contributed by atoms with Gasteiger partial charge in [0.05, 0.1) is 6.61 Å². The second-order valence-electron chi connectivity index (χ2n) is 2.73. The van der Waals surface area contributed by atoms with Crippen LogP contribution >= 0.6 is 0 Å². The molecule has 0 aromatic heterocycles. The predicted octanol–water partition coefficient (Wildman–Crippen LogP) is 1.77. The summed E-state index contributed by atoms with van der Waals surface area (Å²) in [7, 11) is 0. The molecule has 1 aromatic rings. The number of rotatable bonds is 0. The molecule has 0 atom stereocenters. The lowest BCUT2D eigenvalue weighted by molar-refractivity contribution is 0.354. The van der Waals surface area contributed by atoms with Gasteiger partial charge in [-0.05, 0) is 0 Å². The highest BCUT2D eigenvalue weighted by molar-refractivity contribution is 5.51. The fourth-order valence-electron chi connectivity index (χ4n) is 1.39. The first-order valence-corrected chi connectivity index (χ1v) is 3.78. The quantitative estimate of drug-likeness (QED) is 0.611. The number of benzene rings is 1. The minimum Gasteiger partial charge on any atom is -0.491 e. The summed E-state index contributed by atoms with van der Waals surface area (Å²) in [6.45, 7) is 0.310. The maximum absolute atomic E-state index is 13.0. The summed E-state index contributed by atoms with van der Waals surface area (Å²) in [6.07, 6.45) is 0.399. The van der Waals surface area contributed by atoms with E-state index in [1.54, 1.807) is 6.07 Å². The maximum atomic E-state index is 13.0. The Morgan fingerprint density at radius 2 is 2.15 bits per heavy atom. The van der Waals surface area contributed by atoms with E-state index in [9.17, 15) is 8.78 Å². The van der Waals surface area contributed by atoms with Crippen molar-refractivity contribution in [3.8, 4) is 11.8 Å². The van der Waals surface area contributed by atoms with Crippen molar-refractivity contribution in [2.75, 3.05) is 6.61 Å². The first-order valence-electron chi connectivity index (χ1n) is 3.78. The number of hydrogen-bond acceptors (Lipinski definition) is 2. The molecule has 1 aliphatic heterocycles. The van der Waals surface area contributed by atoms with Crippen molar-refractivity contribution >= 4 is 0 Å². The Morgan fingerprint density at radius 1 is 1.38 bits per heavy atom. The van der Waals surface area contributed by atoms with E-state index in [2.05, 4.69) is 0 Å². The number of halogens is 2. The van der Waals surface area contributed by atoms with Gasteiger partial charge in [0.15, 0.2) is 0 Å². The molecule has 1 heterocycles. The van der Waals surface area contributed by atoms with Crippen molar-refractivity contribution in [1.82, 2.24) is 0 Å². The van der Waals surface area contributed by atoms with E-state index in [-0.39, 0.29) is 11.3 Å². The third-order valence-electron chi connectivity index (χ3n) is 1.99. The lowest BCUT2D eigenvalue weighted by Gasteiger charge is -2.02. The van der Waals surface area contributed by atoms with Crippen molar-refractivity contribution in [2.45, 2.75) is 6.42 Å². The Balaban J connectivity index is 2.74. The fourth-order valence-corrected chi connectivity index (χ4v) is 1.39. The van der Waals surface area contributed by atoms with Crippen LogP contribution in [0.5, 0.6) is 5.75 Å². The molecule has 0 amide bonds. The Kier molecular flexibility index (Phi) is 1.66. The molecule has 13 heavy (non-hydrogen) atoms. The smallest absolute Gasteiger partial charge is 0.147 e. The lowest BCUT2D eigenvalue weighted by Crippen LogP contribution is -1.93. The molecule has 0 unspecified atom stereocenters. The Morgan fingerprint density at radius 3 is 2.85 bits per heavy atom. The van der Waals surface area contributed by atoms with Gasteiger partial charge in [-0.1, -0.05) is 0 Å². The highest BCUT2D eigenvalue weighted by Crippen LogP contribution is 2.32. The molecule has 2 rings (SSSR count). The molecule has 1 aromatic carbocycles. The van der Waals surface area contributed by atoms with Gasteiger partial charge in [-0.15, -0.1) is 0 Å². The zero-order chi connectivity index (χ0) is 9.42. The van der Waals surface area contributed by atoms with Crippen molar-refractivity contribution in [3.05, 3.63) is 28.8 Å². The molecule has 0 saturated heterocycles. The fraction of sp³-hybridized carbons (Fsp3) is 0.222. The average molecular weight is 181 g/mol. The van der Waals surface area contributed by atoms with Crippen molar-refractivity contribution in [1.29, 1.82) is 5.26 Å². The highest BCUT2D eigenvalue weighted by Gasteiger charge is 2.23. The van der Waals surface area contributed by atoms with E-state index in [1.165, 1.54) is 0 Å². The largest absolute Gasteiger partial charge is 0.491 e. The molecule has 0 spiro atoms. The summed E-state index contributed by atoms with van der Waals surface area (Å²) in [4.78, 5) is 0. The summed E-state index contributed by atoms with van der Waals surface area (Å²) in [5.41, 5.74) is 0.104. The van der Waals surface area contributed by atoms with Crippen molar-refractivity contribution < 1.29 is 13.5 Å². The minimum absolute atomic E-state index is 0.0694. The average Bonchev–Trinajstić information content (AvgIpc) is 2.53. The third kappa shape index (κ3) is 1.04. The monoisotopic (exact) mass is 181 g/mol. The number of nitriles is 1. The van der Waals surface area contributed by atoms with E-state index in [1.807, 2.05) is 0 Å². The Bertz CT molecular complexity index is 409. The normalized spacial score (nSPS) is 13.3. The van der Waals surface area contributed by atoms with Gasteiger partial charge in [0.2, 0.25) is 0 Å². The van der Waals surface area contributed by atoms with Gasteiger partial charge >= 0.3 is 0 Å². The SMILES string of the molecule is N#Cc1c(F)cc(F)c2c1OCC2. The van der Waals surface area contributed by atoms with Crippen LogP contribution in [-0.4, -0.2) is 6.61 Å². The molecule has 0 fully saturated rings. The van der Waals surface area contributed by atoms with Crippen LogP contribution in [0, 0.1) is 23.0 Å². The van der Waals surface area contributed by atoms with Gasteiger partial charge in [0, 0.05) is 18.1 Å². The van der Waals surface area contributed by atoms with Crippen LogP contribution in [0.15, 0.2) is 6.07 Å². The molecule has 0 saturated carbocycles. The van der Waals surface area contributed by atoms with Crippen LogP contribution in [-0.2, 0) is 6.42 Å². The van der Waals surface area contributed by atoms with Crippen LogP contribution < -0.4 is 4.74 Å². The summed E-state index contributed by atoms with van der Waals surface area (Å²) >= 11 is 0. The van der Waals surface area contributed by atoms with Gasteiger partial charge in [-0.25, -0.2) is 8.78 Å². The Hall–Kier alpha value is -1.63. The minimum atomic E-state index is -0.861. The predicted molar refractivity (Wildman–Crippen MR) is 40.3 cm³/mol. The maximum Gasteiger partial charge on any atom is 0.147 e. The van der Waals surface area contributed by atoms with E-state index < -0.39 is 11.6 Å². The molecule has 0 N–H and O–H groups in total. The molecule has 1 aliphatic rings. The van der Waals surface area contributed by atoms with Crippen LogP contribution in [0.2, 0.25) is 0 Å². The first-order chi connectivity index (χ1) is 6.24. The van der Waals surface area contributed by atoms with E-state index in [0.29, 0.717) is 18.6 Å². The second-order valence-corrected chi connectivity index (χ2v) is 2.73. The standard InChI is InChI=1S/C9H5F2NO/c10-7-3-8(11)6(4-12)9-5(7)1-2-13-9/h3H,1-2H2. The van der Waals surface area contributed by atoms with Crippen molar-refractivity contribution in [2.24, 2.45) is 0 Å². The van der Waals surface area contributed by atoms with Crippen LogP contribution in [0.4, 0.5) is 8.78 Å². The summed E-state index contributed by atoms with van der Waals surface area (Å²) in [5, 5.41) is 8.58. The first kappa shape index (κ1) is 7.99. The van der Waals surface area contributed by atoms with Gasteiger partial charge in [-0.2, -0.15) is 5.26 Å². The number of ether oxygens (including phenoxy) is 1. The molecule has 2 nitrogen and oxygen atoms in total. The zero-order valence-corrected chi connectivity index (χ0v) is 6.60. The molecular formula is C9H5F2NO. The van der Waals surface area contributed by atoms with Crippen molar-refractivity contribution in [3.63, 3.8) is 0 Å². The molecular weight excluding hydrogens is 176 g/mol. The highest BCUT2D eigenvalue weighted by atomic mass is 19.1. The van der Waals surface area contributed by atoms with Crippen LogP contribution in [0.1, 0.15) is 11.1 Å². The molecule has 0 bridgehead atoms. The molecule has 0 aliphatic carbocycles. The number of fused-ring (bicyclic) bond motifs is 1.